The quantitative estimate of drug-likeness (QED) is 0.187. The SMILES string of the molecule is c1cc(-n2c3ccncc3c3cc(-c4cncc5c4oc4ccncc45)ccc32)c2oc3ccc(-n4c5ccccc5c5ccccc54)cc3c2c1. The van der Waals surface area contributed by atoms with Crippen LogP contribution in [0.1, 0.15) is 0 Å². The first-order chi connectivity index (χ1) is 25.8. The van der Waals surface area contributed by atoms with E-state index < -0.39 is 0 Å². The van der Waals surface area contributed by atoms with E-state index in [4.69, 9.17) is 8.83 Å². The van der Waals surface area contributed by atoms with Crippen LogP contribution < -0.4 is 0 Å². The molecule has 0 N–H and O–H groups in total. The van der Waals surface area contributed by atoms with Gasteiger partial charge in [0.05, 0.1) is 27.8 Å². The molecule has 5 aromatic carbocycles. The van der Waals surface area contributed by atoms with Gasteiger partial charge in [-0.25, -0.2) is 0 Å². The monoisotopic (exact) mass is 667 g/mol. The Hall–Kier alpha value is -7.25. The number of rotatable bonds is 3. The number of hydrogen-bond donors (Lipinski definition) is 0. The van der Waals surface area contributed by atoms with Crippen LogP contribution in [-0.4, -0.2) is 24.1 Å². The van der Waals surface area contributed by atoms with E-state index in [0.717, 1.165) is 88.2 Å². The number of furan rings is 2. The Kier molecular flexibility index (Phi) is 5.38. The van der Waals surface area contributed by atoms with Gasteiger partial charge in [0, 0.05) is 91.5 Å². The minimum Gasteiger partial charge on any atom is -0.455 e. The van der Waals surface area contributed by atoms with Crippen molar-refractivity contribution >= 4 is 87.5 Å². The van der Waals surface area contributed by atoms with Crippen molar-refractivity contribution in [1.29, 1.82) is 0 Å². The second-order valence-electron chi connectivity index (χ2n) is 13.3. The van der Waals surface area contributed by atoms with E-state index in [0.29, 0.717) is 0 Å². The van der Waals surface area contributed by atoms with Crippen molar-refractivity contribution in [1.82, 2.24) is 24.1 Å². The minimum atomic E-state index is 0.794. The summed E-state index contributed by atoms with van der Waals surface area (Å²) in [6.45, 7) is 0. The van der Waals surface area contributed by atoms with Gasteiger partial charge in [-0.05, 0) is 66.2 Å². The van der Waals surface area contributed by atoms with E-state index in [1.54, 1.807) is 6.20 Å². The van der Waals surface area contributed by atoms with E-state index in [1.807, 2.05) is 37.1 Å². The van der Waals surface area contributed by atoms with Gasteiger partial charge in [-0.2, -0.15) is 0 Å². The van der Waals surface area contributed by atoms with E-state index in [2.05, 4.69) is 133 Å². The van der Waals surface area contributed by atoms with Crippen molar-refractivity contribution < 1.29 is 8.83 Å². The summed E-state index contributed by atoms with van der Waals surface area (Å²) in [6, 6.07) is 40.6. The van der Waals surface area contributed by atoms with Crippen LogP contribution in [0.15, 0.2) is 161 Å². The molecule has 0 aliphatic rings. The third kappa shape index (κ3) is 3.66. The van der Waals surface area contributed by atoms with E-state index in [9.17, 15) is 0 Å². The molecule has 0 bridgehead atoms. The predicted molar refractivity (Wildman–Crippen MR) is 208 cm³/mol. The Labute approximate surface area is 294 Å². The molecule has 12 rings (SSSR count). The largest absolute Gasteiger partial charge is 0.455 e. The average Bonchev–Trinajstić information content (AvgIpc) is 3.95. The Morgan fingerprint density at radius 1 is 0.404 bits per heavy atom. The third-order valence-electron chi connectivity index (χ3n) is 10.6. The summed E-state index contributed by atoms with van der Waals surface area (Å²) in [5, 5.41) is 8.65. The molecule has 242 valence electrons. The van der Waals surface area contributed by atoms with E-state index in [-0.39, 0.29) is 0 Å². The molecule has 7 heterocycles. The van der Waals surface area contributed by atoms with Crippen LogP contribution in [0.3, 0.4) is 0 Å². The average molecular weight is 668 g/mol. The number of fused-ring (bicyclic) bond motifs is 12. The van der Waals surface area contributed by atoms with Crippen molar-refractivity contribution in [3.8, 4) is 22.5 Å². The van der Waals surface area contributed by atoms with Crippen LogP contribution in [0.5, 0.6) is 0 Å². The highest BCUT2D eigenvalue weighted by Crippen LogP contribution is 2.42. The highest BCUT2D eigenvalue weighted by atomic mass is 16.3. The lowest BCUT2D eigenvalue weighted by atomic mass is 10.0. The molecule has 0 radical (unpaired) electrons. The minimum absolute atomic E-state index is 0.794. The Balaban J connectivity index is 1.07. The summed E-state index contributed by atoms with van der Waals surface area (Å²) < 4.78 is 17.7. The molecule has 0 spiro atoms. The molecular weight excluding hydrogens is 643 g/mol. The molecular formula is C45H25N5O2. The smallest absolute Gasteiger partial charge is 0.159 e. The summed E-state index contributed by atoms with van der Waals surface area (Å²) in [7, 11) is 0. The molecule has 0 saturated carbocycles. The first kappa shape index (κ1) is 27.6. The molecule has 0 unspecified atom stereocenters. The maximum Gasteiger partial charge on any atom is 0.159 e. The maximum atomic E-state index is 6.75. The molecule has 0 saturated heterocycles. The number of aromatic nitrogens is 5. The van der Waals surface area contributed by atoms with Crippen molar-refractivity contribution in [2.24, 2.45) is 0 Å². The first-order valence-electron chi connectivity index (χ1n) is 17.2. The fraction of sp³-hybridized carbons (Fsp3) is 0. The standard InChI is InChI=1S/C45H25N5O2/c1-3-9-37-28(6-1)29-7-2-4-10-38(29)49(37)27-13-15-42-32(21-27)30-8-5-11-41(45(30)52-42)50-39-14-12-26(20-31(39)34-23-46-18-16-40(34)50)33-22-48-25-36-35-24-47-19-17-43(35)51-44(33)36/h1-25H. The zero-order chi connectivity index (χ0) is 33.9. The normalized spacial score (nSPS) is 12.2. The summed E-state index contributed by atoms with van der Waals surface area (Å²) in [5.74, 6) is 0. The first-order valence-corrected chi connectivity index (χ1v) is 17.2. The van der Waals surface area contributed by atoms with Gasteiger partial charge >= 0.3 is 0 Å². The molecule has 52 heavy (non-hydrogen) atoms. The number of pyridine rings is 3. The lowest BCUT2D eigenvalue weighted by Gasteiger charge is -2.09. The van der Waals surface area contributed by atoms with Gasteiger partial charge in [0.1, 0.15) is 16.7 Å². The zero-order valence-corrected chi connectivity index (χ0v) is 27.5. The van der Waals surface area contributed by atoms with Gasteiger partial charge in [-0.1, -0.05) is 54.6 Å². The molecule has 0 fully saturated rings. The van der Waals surface area contributed by atoms with Gasteiger partial charge in [0.15, 0.2) is 5.58 Å². The summed E-state index contributed by atoms with van der Waals surface area (Å²) in [5.41, 5.74) is 11.7. The molecule has 7 nitrogen and oxygen atoms in total. The van der Waals surface area contributed by atoms with Crippen molar-refractivity contribution in [3.63, 3.8) is 0 Å². The van der Waals surface area contributed by atoms with Crippen LogP contribution in [0, 0.1) is 0 Å². The van der Waals surface area contributed by atoms with Crippen LogP contribution in [-0.2, 0) is 0 Å². The lowest BCUT2D eigenvalue weighted by Crippen LogP contribution is -1.94. The topological polar surface area (TPSA) is 74.8 Å². The van der Waals surface area contributed by atoms with Crippen LogP contribution in [0.4, 0.5) is 0 Å². The second kappa shape index (κ2) is 10.2. The molecule has 0 amide bonds. The summed E-state index contributed by atoms with van der Waals surface area (Å²) >= 11 is 0. The number of nitrogens with zero attached hydrogens (tertiary/aromatic N) is 5. The third-order valence-corrected chi connectivity index (χ3v) is 10.6. The fourth-order valence-corrected chi connectivity index (χ4v) is 8.32. The Morgan fingerprint density at radius 3 is 1.96 bits per heavy atom. The molecule has 0 atom stereocenters. The lowest BCUT2D eigenvalue weighted by molar-refractivity contribution is 0.666. The predicted octanol–water partition coefficient (Wildman–Crippen LogP) is 11.5. The van der Waals surface area contributed by atoms with Crippen molar-refractivity contribution in [2.75, 3.05) is 0 Å². The van der Waals surface area contributed by atoms with Crippen molar-refractivity contribution in [3.05, 3.63) is 152 Å². The van der Waals surface area contributed by atoms with Crippen LogP contribution in [0.25, 0.3) is 110 Å². The Morgan fingerprint density at radius 2 is 1.10 bits per heavy atom. The molecule has 0 aliphatic carbocycles. The maximum absolute atomic E-state index is 6.75. The van der Waals surface area contributed by atoms with Crippen LogP contribution in [0.2, 0.25) is 0 Å². The summed E-state index contributed by atoms with van der Waals surface area (Å²) in [4.78, 5) is 13.5. The highest BCUT2D eigenvalue weighted by Gasteiger charge is 2.21. The number of benzene rings is 5. The van der Waals surface area contributed by atoms with Gasteiger partial charge < -0.3 is 18.0 Å². The highest BCUT2D eigenvalue weighted by molar-refractivity contribution is 6.15. The molecule has 7 aromatic heterocycles. The molecule has 12 aromatic rings. The van der Waals surface area contributed by atoms with Gasteiger partial charge in [-0.3, -0.25) is 15.0 Å². The van der Waals surface area contributed by atoms with E-state index in [1.165, 1.54) is 21.8 Å². The van der Waals surface area contributed by atoms with Crippen molar-refractivity contribution in [2.45, 2.75) is 0 Å². The van der Waals surface area contributed by atoms with Gasteiger partial charge in [0.2, 0.25) is 0 Å². The molecule has 7 heteroatoms. The number of hydrogen-bond acceptors (Lipinski definition) is 5. The number of para-hydroxylation sites is 3. The summed E-state index contributed by atoms with van der Waals surface area (Å²) in [6.07, 6.45) is 11.1. The zero-order valence-electron chi connectivity index (χ0n) is 27.5. The van der Waals surface area contributed by atoms with Gasteiger partial charge in [0.25, 0.3) is 0 Å². The van der Waals surface area contributed by atoms with E-state index >= 15 is 0 Å². The van der Waals surface area contributed by atoms with Crippen LogP contribution >= 0.6 is 0 Å². The Bertz CT molecular complexity index is 3380. The fourth-order valence-electron chi connectivity index (χ4n) is 8.32. The van der Waals surface area contributed by atoms with Gasteiger partial charge in [-0.15, -0.1) is 0 Å². The molecule has 0 aliphatic heterocycles. The second-order valence-corrected chi connectivity index (χ2v) is 13.3.